The topological polar surface area (TPSA) is 110 Å². The standard InChI is InChI=1S/C10H12N4O4S/c15-1-4-6(16)7(17)10(18-4)14-3-13-5-8(14)11-2-12-9(5)19/h2-7,10,15-17H,1H2/t4-,5?,6-,7-,10-/m1/s1. The lowest BCUT2D eigenvalue weighted by Gasteiger charge is -2.27. The van der Waals surface area contributed by atoms with Crippen molar-refractivity contribution in [3.8, 4) is 0 Å². The van der Waals surface area contributed by atoms with Crippen molar-refractivity contribution in [1.82, 2.24) is 4.90 Å². The van der Waals surface area contributed by atoms with Crippen LogP contribution < -0.4 is 0 Å². The molecule has 0 aromatic heterocycles. The van der Waals surface area contributed by atoms with Crippen molar-refractivity contribution in [2.24, 2.45) is 15.0 Å². The lowest BCUT2D eigenvalue weighted by atomic mass is 10.1. The molecule has 0 amide bonds. The van der Waals surface area contributed by atoms with E-state index in [-0.39, 0.29) is 6.61 Å². The molecular formula is C10H12N4O4S. The van der Waals surface area contributed by atoms with Gasteiger partial charge < -0.3 is 20.1 Å². The van der Waals surface area contributed by atoms with Crippen LogP contribution in [0.2, 0.25) is 0 Å². The van der Waals surface area contributed by atoms with Gasteiger partial charge in [0.25, 0.3) is 0 Å². The Morgan fingerprint density at radius 3 is 2.84 bits per heavy atom. The second-order valence-electron chi connectivity index (χ2n) is 4.37. The number of rotatable bonds is 2. The van der Waals surface area contributed by atoms with Gasteiger partial charge in [-0.2, -0.15) is 0 Å². The highest BCUT2D eigenvalue weighted by Gasteiger charge is 2.48. The monoisotopic (exact) mass is 284 g/mol. The van der Waals surface area contributed by atoms with Crippen molar-refractivity contribution < 1.29 is 20.1 Å². The number of thiocarbonyl (C=S) groups is 1. The van der Waals surface area contributed by atoms with Crippen LogP contribution >= 0.6 is 12.2 Å². The zero-order valence-corrected chi connectivity index (χ0v) is 10.5. The Balaban J connectivity index is 1.85. The van der Waals surface area contributed by atoms with Crippen molar-refractivity contribution in [2.45, 2.75) is 30.6 Å². The summed E-state index contributed by atoms with van der Waals surface area (Å²) >= 11 is 5.06. The predicted octanol–water partition coefficient (Wildman–Crippen LogP) is -2.09. The van der Waals surface area contributed by atoms with E-state index in [1.165, 1.54) is 17.6 Å². The van der Waals surface area contributed by atoms with Gasteiger partial charge in [0, 0.05) is 0 Å². The molecule has 0 spiro atoms. The molecular weight excluding hydrogens is 272 g/mol. The summed E-state index contributed by atoms with van der Waals surface area (Å²) in [6.07, 6.45) is -1.25. The largest absolute Gasteiger partial charge is 0.394 e. The molecule has 3 rings (SSSR count). The van der Waals surface area contributed by atoms with E-state index in [0.29, 0.717) is 10.8 Å². The third-order valence-electron chi connectivity index (χ3n) is 3.25. The van der Waals surface area contributed by atoms with Gasteiger partial charge in [-0.1, -0.05) is 12.2 Å². The fourth-order valence-electron chi connectivity index (χ4n) is 2.24. The number of aliphatic hydroxyl groups excluding tert-OH is 3. The molecule has 1 saturated heterocycles. The van der Waals surface area contributed by atoms with E-state index in [1.54, 1.807) is 0 Å². The zero-order chi connectivity index (χ0) is 13.6. The molecule has 0 bridgehead atoms. The molecule has 19 heavy (non-hydrogen) atoms. The number of hydrogen-bond donors (Lipinski definition) is 3. The maximum Gasteiger partial charge on any atom is 0.165 e. The van der Waals surface area contributed by atoms with Crippen molar-refractivity contribution in [2.75, 3.05) is 6.61 Å². The number of nitrogens with zero attached hydrogens (tertiary/aromatic N) is 4. The van der Waals surface area contributed by atoms with Crippen LogP contribution in [0.15, 0.2) is 15.0 Å². The number of aliphatic imine (C=N–C) groups is 3. The van der Waals surface area contributed by atoms with Crippen LogP contribution in [0.5, 0.6) is 0 Å². The average molecular weight is 284 g/mol. The summed E-state index contributed by atoms with van der Waals surface area (Å²) < 4.78 is 5.42. The summed E-state index contributed by atoms with van der Waals surface area (Å²) in [6, 6.07) is -0.457. The van der Waals surface area contributed by atoms with Crippen LogP contribution in [-0.4, -0.2) is 80.9 Å². The number of hydrogen-bond acceptors (Lipinski definition) is 8. The summed E-state index contributed by atoms with van der Waals surface area (Å²) in [5.74, 6) is 0.495. The normalized spacial score (nSPS) is 40.8. The maximum absolute atomic E-state index is 9.96. The van der Waals surface area contributed by atoms with Crippen molar-refractivity contribution in [1.29, 1.82) is 0 Å². The van der Waals surface area contributed by atoms with E-state index >= 15 is 0 Å². The Hall–Kier alpha value is -1.26. The van der Waals surface area contributed by atoms with Crippen LogP contribution in [0.25, 0.3) is 0 Å². The first-order valence-corrected chi connectivity index (χ1v) is 6.12. The molecule has 1 fully saturated rings. The highest BCUT2D eigenvalue weighted by molar-refractivity contribution is 7.80. The van der Waals surface area contributed by atoms with Gasteiger partial charge in [-0.25, -0.2) is 9.98 Å². The highest BCUT2D eigenvalue weighted by Crippen LogP contribution is 2.27. The molecule has 0 aromatic carbocycles. The van der Waals surface area contributed by atoms with Crippen LogP contribution in [0.4, 0.5) is 0 Å². The van der Waals surface area contributed by atoms with Gasteiger partial charge in [-0.15, -0.1) is 0 Å². The van der Waals surface area contributed by atoms with Gasteiger partial charge in [0.2, 0.25) is 0 Å². The molecule has 3 N–H and O–H groups in total. The quantitative estimate of drug-likeness (QED) is 0.501. The first-order valence-electron chi connectivity index (χ1n) is 5.71. The van der Waals surface area contributed by atoms with Gasteiger partial charge >= 0.3 is 0 Å². The minimum atomic E-state index is -1.17. The molecule has 3 aliphatic heterocycles. The van der Waals surface area contributed by atoms with Gasteiger partial charge in [0.15, 0.2) is 12.3 Å². The SMILES string of the molecule is OC[C@H]1O[C@@H](N2C=NC3C(=S)N=CN=C32)[C@H](O)[C@@H]1O. The van der Waals surface area contributed by atoms with Gasteiger partial charge in [0.05, 0.1) is 12.9 Å². The molecule has 0 aliphatic carbocycles. The second kappa shape index (κ2) is 4.69. The van der Waals surface area contributed by atoms with Crippen LogP contribution in [0, 0.1) is 0 Å². The Kier molecular flexibility index (Phi) is 3.15. The highest BCUT2D eigenvalue weighted by atomic mass is 32.1. The Morgan fingerprint density at radius 1 is 1.37 bits per heavy atom. The fraction of sp³-hybridized carbons (Fsp3) is 0.600. The van der Waals surface area contributed by atoms with E-state index < -0.39 is 30.6 Å². The molecule has 8 nitrogen and oxygen atoms in total. The summed E-state index contributed by atoms with van der Waals surface area (Å²) in [5, 5.41) is 28.8. The minimum Gasteiger partial charge on any atom is -0.394 e. The van der Waals surface area contributed by atoms with Crippen molar-refractivity contribution in [3.63, 3.8) is 0 Å². The van der Waals surface area contributed by atoms with Crippen LogP contribution in [0.3, 0.4) is 0 Å². The van der Waals surface area contributed by atoms with Crippen molar-refractivity contribution in [3.05, 3.63) is 0 Å². The molecule has 3 aliphatic rings. The predicted molar refractivity (Wildman–Crippen MR) is 70.4 cm³/mol. The first kappa shape index (κ1) is 12.8. The van der Waals surface area contributed by atoms with Crippen LogP contribution in [-0.2, 0) is 4.74 Å². The zero-order valence-electron chi connectivity index (χ0n) is 9.70. The smallest absolute Gasteiger partial charge is 0.165 e. The Morgan fingerprint density at radius 2 is 2.16 bits per heavy atom. The maximum atomic E-state index is 9.96. The van der Waals surface area contributed by atoms with Crippen molar-refractivity contribution >= 4 is 35.7 Å². The van der Waals surface area contributed by atoms with E-state index in [9.17, 15) is 10.2 Å². The Bertz CT molecular complexity index is 494. The molecule has 0 aromatic rings. The summed E-state index contributed by atoms with van der Waals surface area (Å²) in [4.78, 5) is 14.0. The molecule has 5 atom stereocenters. The van der Waals surface area contributed by atoms with E-state index in [1.807, 2.05) is 0 Å². The molecule has 1 unspecified atom stereocenters. The molecule has 0 saturated carbocycles. The van der Waals surface area contributed by atoms with E-state index in [0.717, 1.165) is 0 Å². The summed E-state index contributed by atoms with van der Waals surface area (Å²) in [5.41, 5.74) is 0. The number of fused-ring (bicyclic) bond motifs is 1. The third kappa shape index (κ3) is 1.90. The summed E-state index contributed by atoms with van der Waals surface area (Å²) in [7, 11) is 0. The Labute approximate surface area is 113 Å². The third-order valence-corrected chi connectivity index (χ3v) is 3.58. The van der Waals surface area contributed by atoms with Gasteiger partial charge in [-0.05, 0) is 0 Å². The van der Waals surface area contributed by atoms with Crippen LogP contribution in [0.1, 0.15) is 0 Å². The second-order valence-corrected chi connectivity index (χ2v) is 4.79. The molecule has 0 radical (unpaired) electrons. The molecule has 9 heteroatoms. The number of ether oxygens (including phenoxy) is 1. The number of amidine groups is 1. The lowest BCUT2D eigenvalue weighted by molar-refractivity contribution is -0.0509. The minimum absolute atomic E-state index is 0.379. The number of aliphatic hydroxyl groups is 3. The van der Waals surface area contributed by atoms with Gasteiger partial charge in [0.1, 0.15) is 35.5 Å². The molecule has 102 valence electrons. The average Bonchev–Trinajstić information content (AvgIpc) is 2.94. The van der Waals surface area contributed by atoms with E-state index in [4.69, 9.17) is 22.1 Å². The fourth-order valence-corrected chi connectivity index (χ4v) is 2.45. The molecule has 3 heterocycles. The first-order chi connectivity index (χ1) is 9.13. The lowest BCUT2D eigenvalue weighted by Crippen LogP contribution is -2.48. The summed E-state index contributed by atoms with van der Waals surface area (Å²) in [6.45, 7) is -0.379. The van der Waals surface area contributed by atoms with Gasteiger partial charge in [-0.3, -0.25) is 9.89 Å². The van der Waals surface area contributed by atoms with E-state index in [2.05, 4.69) is 15.0 Å².